The molecular formula is C24H29ClN4O3. The second kappa shape index (κ2) is 10.8. The third-order valence-electron chi connectivity index (χ3n) is 5.84. The van der Waals surface area contributed by atoms with Crippen molar-refractivity contribution in [1.29, 1.82) is 0 Å². The van der Waals surface area contributed by atoms with E-state index < -0.39 is 0 Å². The highest BCUT2D eigenvalue weighted by molar-refractivity contribution is 6.30. The SMILES string of the molecule is O=C(CN1CCCN(C(=O)c2cccc(Cl)c2)CC1)Nc1ccc(N2CCOCC2)cc1. The van der Waals surface area contributed by atoms with Crippen LogP contribution in [0.25, 0.3) is 0 Å². The zero-order valence-electron chi connectivity index (χ0n) is 18.1. The van der Waals surface area contributed by atoms with Gasteiger partial charge in [-0.15, -0.1) is 0 Å². The van der Waals surface area contributed by atoms with Crippen molar-refractivity contribution >= 4 is 34.8 Å². The Kier molecular flexibility index (Phi) is 7.63. The van der Waals surface area contributed by atoms with Crippen molar-refractivity contribution in [1.82, 2.24) is 9.80 Å². The lowest BCUT2D eigenvalue weighted by molar-refractivity contribution is -0.117. The minimum absolute atomic E-state index is 0.0147. The molecule has 2 aliphatic rings. The van der Waals surface area contributed by atoms with Crippen LogP contribution in [0.4, 0.5) is 11.4 Å². The van der Waals surface area contributed by atoms with Crippen LogP contribution in [0.3, 0.4) is 0 Å². The minimum Gasteiger partial charge on any atom is -0.378 e. The van der Waals surface area contributed by atoms with E-state index in [9.17, 15) is 9.59 Å². The summed E-state index contributed by atoms with van der Waals surface area (Å²) in [6, 6.07) is 15.0. The maximum atomic E-state index is 12.8. The average molecular weight is 457 g/mol. The van der Waals surface area contributed by atoms with Crippen LogP contribution >= 0.6 is 11.6 Å². The maximum Gasteiger partial charge on any atom is 0.253 e. The molecule has 170 valence electrons. The molecule has 2 heterocycles. The molecule has 0 aliphatic carbocycles. The van der Waals surface area contributed by atoms with Gasteiger partial charge in [0.2, 0.25) is 5.91 Å². The standard InChI is InChI=1S/C24H29ClN4O3/c25-20-4-1-3-19(17-20)24(31)29-10-2-9-27(11-12-29)18-23(30)26-21-5-7-22(8-6-21)28-13-15-32-16-14-28/h1,3-8,17H,2,9-16,18H2,(H,26,30). The van der Waals surface area contributed by atoms with E-state index in [1.54, 1.807) is 24.3 Å². The van der Waals surface area contributed by atoms with Crippen molar-refractivity contribution < 1.29 is 14.3 Å². The second-order valence-corrected chi connectivity index (χ2v) is 8.56. The van der Waals surface area contributed by atoms with Crippen LogP contribution < -0.4 is 10.2 Å². The number of anilines is 2. The fraction of sp³-hybridized carbons (Fsp3) is 0.417. The topological polar surface area (TPSA) is 65.1 Å². The van der Waals surface area contributed by atoms with Crippen LogP contribution in [-0.2, 0) is 9.53 Å². The molecule has 0 spiro atoms. The molecule has 7 nitrogen and oxygen atoms in total. The molecule has 0 unspecified atom stereocenters. The molecule has 32 heavy (non-hydrogen) atoms. The summed E-state index contributed by atoms with van der Waals surface area (Å²) in [6.07, 6.45) is 0.827. The average Bonchev–Trinajstić information content (AvgIpc) is 3.05. The summed E-state index contributed by atoms with van der Waals surface area (Å²) in [5.74, 6) is -0.0575. The van der Waals surface area contributed by atoms with Gasteiger partial charge in [0.1, 0.15) is 0 Å². The van der Waals surface area contributed by atoms with Gasteiger partial charge in [-0.3, -0.25) is 14.5 Å². The number of halogens is 1. The van der Waals surface area contributed by atoms with Crippen molar-refractivity contribution in [2.75, 3.05) is 69.2 Å². The van der Waals surface area contributed by atoms with Crippen LogP contribution in [0, 0.1) is 0 Å². The molecule has 8 heteroatoms. The summed E-state index contributed by atoms with van der Waals surface area (Å²) < 4.78 is 5.40. The number of carbonyl (C=O) groups is 2. The van der Waals surface area contributed by atoms with E-state index in [0.717, 1.165) is 50.6 Å². The number of rotatable bonds is 5. The zero-order valence-corrected chi connectivity index (χ0v) is 18.9. The van der Waals surface area contributed by atoms with Crippen LogP contribution in [0.15, 0.2) is 48.5 Å². The number of hydrogen-bond donors (Lipinski definition) is 1. The summed E-state index contributed by atoms with van der Waals surface area (Å²) in [5, 5.41) is 3.54. The number of benzene rings is 2. The quantitative estimate of drug-likeness (QED) is 0.749. The third-order valence-corrected chi connectivity index (χ3v) is 6.08. The van der Waals surface area contributed by atoms with Gasteiger partial charge in [-0.25, -0.2) is 0 Å². The van der Waals surface area contributed by atoms with Gasteiger partial charge in [0.05, 0.1) is 19.8 Å². The van der Waals surface area contributed by atoms with E-state index in [0.29, 0.717) is 36.8 Å². The van der Waals surface area contributed by atoms with Crippen molar-refractivity contribution in [3.05, 3.63) is 59.1 Å². The largest absolute Gasteiger partial charge is 0.378 e. The lowest BCUT2D eigenvalue weighted by Crippen LogP contribution is -2.38. The summed E-state index contributed by atoms with van der Waals surface area (Å²) in [6.45, 7) is 6.28. The number of hydrogen-bond acceptors (Lipinski definition) is 5. The van der Waals surface area contributed by atoms with Crippen LogP contribution in [0.1, 0.15) is 16.8 Å². The molecule has 0 atom stereocenters. The lowest BCUT2D eigenvalue weighted by Gasteiger charge is -2.29. The van der Waals surface area contributed by atoms with Gasteiger partial charge in [-0.05, 0) is 48.9 Å². The van der Waals surface area contributed by atoms with Crippen LogP contribution in [-0.4, -0.2) is 80.6 Å². The van der Waals surface area contributed by atoms with Crippen molar-refractivity contribution in [2.24, 2.45) is 0 Å². The Morgan fingerprint density at radius 1 is 0.938 bits per heavy atom. The molecule has 0 saturated carbocycles. The van der Waals surface area contributed by atoms with E-state index in [1.165, 1.54) is 0 Å². The Balaban J connectivity index is 1.26. The first kappa shape index (κ1) is 22.6. The molecule has 2 amide bonds. The highest BCUT2D eigenvalue weighted by atomic mass is 35.5. The number of morpholine rings is 1. The maximum absolute atomic E-state index is 12.8. The van der Waals surface area contributed by atoms with Crippen molar-refractivity contribution in [3.63, 3.8) is 0 Å². The molecule has 2 aromatic rings. The first-order valence-corrected chi connectivity index (χ1v) is 11.5. The van der Waals surface area contributed by atoms with Crippen LogP contribution in [0.5, 0.6) is 0 Å². The second-order valence-electron chi connectivity index (χ2n) is 8.13. The summed E-state index contributed by atoms with van der Waals surface area (Å²) in [4.78, 5) is 31.6. The zero-order chi connectivity index (χ0) is 22.3. The van der Waals surface area contributed by atoms with E-state index in [4.69, 9.17) is 16.3 Å². The Morgan fingerprint density at radius 2 is 1.72 bits per heavy atom. The first-order chi connectivity index (χ1) is 15.6. The van der Waals surface area contributed by atoms with Crippen LogP contribution in [0.2, 0.25) is 5.02 Å². The molecule has 2 fully saturated rings. The molecule has 0 radical (unpaired) electrons. The van der Waals surface area contributed by atoms with Gasteiger partial charge in [-0.2, -0.15) is 0 Å². The number of carbonyl (C=O) groups excluding carboxylic acids is 2. The molecule has 2 aliphatic heterocycles. The Labute approximate surface area is 193 Å². The molecule has 2 aromatic carbocycles. The summed E-state index contributed by atoms with van der Waals surface area (Å²) in [7, 11) is 0. The number of ether oxygens (including phenoxy) is 1. The normalized spacial score (nSPS) is 17.7. The fourth-order valence-electron chi connectivity index (χ4n) is 4.12. The number of nitrogens with zero attached hydrogens (tertiary/aromatic N) is 3. The monoisotopic (exact) mass is 456 g/mol. The summed E-state index contributed by atoms with van der Waals surface area (Å²) >= 11 is 6.02. The van der Waals surface area contributed by atoms with E-state index in [1.807, 2.05) is 29.2 Å². The first-order valence-electron chi connectivity index (χ1n) is 11.1. The third kappa shape index (κ3) is 6.00. The van der Waals surface area contributed by atoms with Gasteiger partial charge >= 0.3 is 0 Å². The number of amides is 2. The minimum atomic E-state index is -0.0428. The number of nitrogens with one attached hydrogen (secondary N) is 1. The summed E-state index contributed by atoms with van der Waals surface area (Å²) in [5.41, 5.74) is 2.53. The van der Waals surface area contributed by atoms with Gasteiger partial charge in [0.15, 0.2) is 0 Å². The predicted octanol–water partition coefficient (Wildman–Crippen LogP) is 2.96. The molecule has 0 bridgehead atoms. The fourth-order valence-corrected chi connectivity index (χ4v) is 4.31. The highest BCUT2D eigenvalue weighted by Gasteiger charge is 2.21. The highest BCUT2D eigenvalue weighted by Crippen LogP contribution is 2.19. The molecule has 2 saturated heterocycles. The van der Waals surface area contributed by atoms with Gasteiger partial charge in [0, 0.05) is 61.2 Å². The Bertz CT molecular complexity index is 931. The molecular weight excluding hydrogens is 428 g/mol. The molecule has 1 N–H and O–H groups in total. The molecule has 0 aromatic heterocycles. The predicted molar refractivity (Wildman–Crippen MR) is 127 cm³/mol. The molecule has 4 rings (SSSR count). The van der Waals surface area contributed by atoms with E-state index in [-0.39, 0.29) is 11.8 Å². The van der Waals surface area contributed by atoms with Gasteiger partial charge < -0.3 is 19.9 Å². The van der Waals surface area contributed by atoms with E-state index >= 15 is 0 Å². The van der Waals surface area contributed by atoms with E-state index in [2.05, 4.69) is 15.1 Å². The smallest absolute Gasteiger partial charge is 0.253 e. The van der Waals surface area contributed by atoms with Gasteiger partial charge in [0.25, 0.3) is 5.91 Å². The Hall–Kier alpha value is -2.61. The van der Waals surface area contributed by atoms with Crippen molar-refractivity contribution in [3.8, 4) is 0 Å². The lowest BCUT2D eigenvalue weighted by atomic mass is 10.2. The van der Waals surface area contributed by atoms with Crippen molar-refractivity contribution in [2.45, 2.75) is 6.42 Å². The van der Waals surface area contributed by atoms with Gasteiger partial charge in [-0.1, -0.05) is 17.7 Å². The Morgan fingerprint density at radius 3 is 2.47 bits per heavy atom.